The van der Waals surface area contributed by atoms with Crippen LogP contribution >= 0.6 is 0 Å². The van der Waals surface area contributed by atoms with E-state index in [4.69, 9.17) is 0 Å². The van der Waals surface area contributed by atoms with Crippen LogP contribution in [0.25, 0.3) is 0 Å². The number of carbonyl (C=O) groups excluding carboxylic acids is 1. The summed E-state index contributed by atoms with van der Waals surface area (Å²) in [6.07, 6.45) is 1.87. The molecule has 0 saturated carbocycles. The molecule has 0 spiro atoms. The normalized spacial score (nSPS) is 14.6. The van der Waals surface area contributed by atoms with Crippen molar-refractivity contribution in [2.45, 2.75) is 37.6 Å². The van der Waals surface area contributed by atoms with Gasteiger partial charge in [-0.25, -0.2) is 13.1 Å². The number of amides is 1. The first-order chi connectivity index (χ1) is 11.4. The maximum atomic E-state index is 12.5. The Kier molecular flexibility index (Phi) is 4.69. The first kappa shape index (κ1) is 16.7. The van der Waals surface area contributed by atoms with Crippen molar-refractivity contribution in [3.8, 4) is 0 Å². The van der Waals surface area contributed by atoms with Crippen molar-refractivity contribution in [1.29, 1.82) is 0 Å². The van der Waals surface area contributed by atoms with Gasteiger partial charge in [0.2, 0.25) is 15.9 Å². The maximum absolute atomic E-state index is 12.5. The van der Waals surface area contributed by atoms with Gasteiger partial charge in [-0.05, 0) is 49.1 Å². The van der Waals surface area contributed by atoms with Crippen LogP contribution < -0.4 is 10.0 Å². The fourth-order valence-electron chi connectivity index (χ4n) is 2.80. The number of carbonyl (C=O) groups is 1. The SMILES string of the molecule is Cc1cccc(CNS(=O)(=O)c2ccc3c(c2)CCCC(=O)N3)c1. The number of benzene rings is 2. The molecule has 0 aliphatic carbocycles. The number of hydrogen-bond acceptors (Lipinski definition) is 3. The lowest BCUT2D eigenvalue weighted by Gasteiger charge is -2.11. The number of anilines is 1. The lowest BCUT2D eigenvalue weighted by Crippen LogP contribution is -2.23. The van der Waals surface area contributed by atoms with Gasteiger partial charge in [-0.2, -0.15) is 0 Å². The molecule has 0 radical (unpaired) electrons. The third-order valence-corrected chi connectivity index (χ3v) is 5.46. The largest absolute Gasteiger partial charge is 0.326 e. The summed E-state index contributed by atoms with van der Waals surface area (Å²) in [5.41, 5.74) is 3.57. The molecule has 0 saturated heterocycles. The molecule has 1 aliphatic rings. The third-order valence-electron chi connectivity index (χ3n) is 4.06. The van der Waals surface area contributed by atoms with Crippen LogP contribution in [-0.4, -0.2) is 14.3 Å². The Balaban J connectivity index is 1.80. The van der Waals surface area contributed by atoms with Crippen LogP contribution in [0.4, 0.5) is 5.69 Å². The van der Waals surface area contributed by atoms with Crippen LogP contribution in [-0.2, 0) is 27.8 Å². The minimum atomic E-state index is -3.59. The van der Waals surface area contributed by atoms with E-state index in [1.807, 2.05) is 31.2 Å². The fraction of sp³-hybridized carbons (Fsp3) is 0.278. The summed E-state index contributed by atoms with van der Waals surface area (Å²) in [7, 11) is -3.59. The highest BCUT2D eigenvalue weighted by Gasteiger charge is 2.18. The lowest BCUT2D eigenvalue weighted by molar-refractivity contribution is -0.116. The zero-order valence-corrected chi connectivity index (χ0v) is 14.3. The minimum absolute atomic E-state index is 0.0260. The number of sulfonamides is 1. The van der Waals surface area contributed by atoms with Gasteiger partial charge in [0.1, 0.15) is 0 Å². The van der Waals surface area contributed by atoms with Gasteiger partial charge < -0.3 is 5.32 Å². The molecule has 6 heteroatoms. The Labute approximate surface area is 142 Å². The molecule has 24 heavy (non-hydrogen) atoms. The molecule has 0 bridgehead atoms. The number of hydrogen-bond donors (Lipinski definition) is 2. The molecule has 2 aromatic carbocycles. The number of rotatable bonds is 4. The zero-order valence-electron chi connectivity index (χ0n) is 13.5. The van der Waals surface area contributed by atoms with Crippen molar-refractivity contribution in [1.82, 2.24) is 4.72 Å². The van der Waals surface area contributed by atoms with Crippen molar-refractivity contribution in [2.24, 2.45) is 0 Å². The number of aryl methyl sites for hydroxylation is 2. The standard InChI is InChI=1S/C18H20N2O3S/c1-13-4-2-5-14(10-13)12-19-24(22,23)16-8-9-17-15(11-16)6-3-7-18(21)20-17/h2,4-5,8-11,19H,3,6-7,12H2,1H3,(H,20,21). The molecule has 1 aliphatic heterocycles. The van der Waals surface area contributed by atoms with Gasteiger partial charge in [0.15, 0.2) is 0 Å². The predicted molar refractivity (Wildman–Crippen MR) is 93.2 cm³/mol. The van der Waals surface area contributed by atoms with Gasteiger partial charge in [0.05, 0.1) is 4.90 Å². The second-order valence-corrected chi connectivity index (χ2v) is 7.80. The molecule has 3 rings (SSSR count). The van der Waals surface area contributed by atoms with Crippen LogP contribution in [0.1, 0.15) is 29.5 Å². The Bertz CT molecular complexity index is 876. The van der Waals surface area contributed by atoms with E-state index in [2.05, 4.69) is 10.0 Å². The highest BCUT2D eigenvalue weighted by molar-refractivity contribution is 7.89. The molecule has 0 fully saturated rings. The first-order valence-electron chi connectivity index (χ1n) is 7.92. The summed E-state index contributed by atoms with van der Waals surface area (Å²) in [6.45, 7) is 2.22. The van der Waals surface area contributed by atoms with E-state index in [9.17, 15) is 13.2 Å². The predicted octanol–water partition coefficient (Wildman–Crippen LogP) is 2.75. The van der Waals surface area contributed by atoms with Crippen molar-refractivity contribution in [3.05, 3.63) is 59.2 Å². The fourth-order valence-corrected chi connectivity index (χ4v) is 3.87. The van der Waals surface area contributed by atoms with Crippen molar-refractivity contribution < 1.29 is 13.2 Å². The van der Waals surface area contributed by atoms with E-state index in [1.165, 1.54) is 6.07 Å². The summed E-state index contributed by atoms with van der Waals surface area (Å²) in [5, 5.41) is 2.81. The highest BCUT2D eigenvalue weighted by Crippen LogP contribution is 2.25. The molecule has 0 aromatic heterocycles. The number of nitrogens with one attached hydrogen (secondary N) is 2. The van der Waals surface area contributed by atoms with E-state index in [0.717, 1.165) is 23.1 Å². The smallest absolute Gasteiger partial charge is 0.240 e. The van der Waals surface area contributed by atoms with Gasteiger partial charge in [-0.1, -0.05) is 29.8 Å². The summed E-state index contributed by atoms with van der Waals surface area (Å²) >= 11 is 0. The topological polar surface area (TPSA) is 75.3 Å². The van der Waals surface area contributed by atoms with Crippen molar-refractivity contribution in [3.63, 3.8) is 0 Å². The maximum Gasteiger partial charge on any atom is 0.240 e. The Morgan fingerprint density at radius 2 is 1.96 bits per heavy atom. The zero-order chi connectivity index (χ0) is 17.2. The molecule has 2 N–H and O–H groups in total. The van der Waals surface area contributed by atoms with Crippen LogP contribution in [0.15, 0.2) is 47.4 Å². The summed E-state index contributed by atoms with van der Waals surface area (Å²) in [4.78, 5) is 11.8. The molecule has 126 valence electrons. The second kappa shape index (κ2) is 6.75. The average molecular weight is 344 g/mol. The third kappa shape index (κ3) is 3.83. The van der Waals surface area contributed by atoms with Gasteiger partial charge in [-0.3, -0.25) is 4.79 Å². The average Bonchev–Trinajstić information content (AvgIpc) is 2.73. The van der Waals surface area contributed by atoms with E-state index < -0.39 is 10.0 Å². The molecule has 1 heterocycles. The Hall–Kier alpha value is -2.18. The monoisotopic (exact) mass is 344 g/mol. The van der Waals surface area contributed by atoms with Crippen LogP contribution in [0.3, 0.4) is 0 Å². The van der Waals surface area contributed by atoms with E-state index in [-0.39, 0.29) is 17.3 Å². The van der Waals surface area contributed by atoms with Crippen molar-refractivity contribution >= 4 is 21.6 Å². The first-order valence-corrected chi connectivity index (χ1v) is 9.40. The van der Waals surface area contributed by atoms with Crippen molar-refractivity contribution in [2.75, 3.05) is 5.32 Å². The van der Waals surface area contributed by atoms with Crippen LogP contribution in [0.5, 0.6) is 0 Å². The molecular formula is C18H20N2O3S. The lowest BCUT2D eigenvalue weighted by atomic mass is 10.1. The van der Waals surface area contributed by atoms with Crippen LogP contribution in [0, 0.1) is 6.92 Å². The number of fused-ring (bicyclic) bond motifs is 1. The highest BCUT2D eigenvalue weighted by atomic mass is 32.2. The Morgan fingerprint density at radius 3 is 2.75 bits per heavy atom. The van der Waals surface area contributed by atoms with Gasteiger partial charge in [0.25, 0.3) is 0 Å². The molecule has 5 nitrogen and oxygen atoms in total. The molecule has 1 amide bonds. The van der Waals surface area contributed by atoms with Gasteiger partial charge in [0, 0.05) is 18.7 Å². The van der Waals surface area contributed by atoms with E-state index >= 15 is 0 Å². The quantitative estimate of drug-likeness (QED) is 0.895. The molecule has 2 aromatic rings. The summed E-state index contributed by atoms with van der Waals surface area (Å²) < 4.78 is 27.7. The van der Waals surface area contributed by atoms with E-state index in [0.29, 0.717) is 18.5 Å². The van der Waals surface area contributed by atoms with E-state index in [1.54, 1.807) is 12.1 Å². The minimum Gasteiger partial charge on any atom is -0.326 e. The summed E-state index contributed by atoms with van der Waals surface area (Å²) in [6, 6.07) is 12.6. The van der Waals surface area contributed by atoms with Gasteiger partial charge >= 0.3 is 0 Å². The van der Waals surface area contributed by atoms with Gasteiger partial charge in [-0.15, -0.1) is 0 Å². The summed E-state index contributed by atoms with van der Waals surface area (Å²) in [5.74, 6) is -0.0260. The molecule has 0 atom stereocenters. The molecule has 0 unspecified atom stereocenters. The molecular weight excluding hydrogens is 324 g/mol. The van der Waals surface area contributed by atoms with Crippen LogP contribution in [0.2, 0.25) is 0 Å². The Morgan fingerprint density at radius 1 is 1.12 bits per heavy atom. The second-order valence-electron chi connectivity index (χ2n) is 6.03.